The van der Waals surface area contributed by atoms with E-state index < -0.39 is 17.2 Å². The fourth-order valence-electron chi connectivity index (χ4n) is 4.70. The van der Waals surface area contributed by atoms with Gasteiger partial charge < -0.3 is 19.2 Å². The lowest BCUT2D eigenvalue weighted by atomic mass is 9.71. The molecule has 1 fully saturated rings. The van der Waals surface area contributed by atoms with Crippen LogP contribution in [0, 0.1) is 0 Å². The van der Waals surface area contributed by atoms with E-state index in [1.165, 1.54) is 7.11 Å². The highest BCUT2D eigenvalue weighted by atomic mass is 16.6. The average molecular weight is 499 g/mol. The molecule has 1 saturated carbocycles. The Kier molecular flexibility index (Phi) is 6.23. The molecule has 4 aromatic rings. The van der Waals surface area contributed by atoms with Gasteiger partial charge in [-0.25, -0.2) is 4.79 Å². The van der Waals surface area contributed by atoms with Gasteiger partial charge in [0.25, 0.3) is 0 Å². The summed E-state index contributed by atoms with van der Waals surface area (Å²) >= 11 is 0. The fourth-order valence-corrected chi connectivity index (χ4v) is 4.70. The number of carbonyl (C=O) groups is 1. The van der Waals surface area contributed by atoms with Crippen molar-refractivity contribution in [3.63, 3.8) is 0 Å². The predicted octanol–water partition coefficient (Wildman–Crippen LogP) is 6.43. The topological polar surface area (TPSA) is 90.7 Å². The predicted molar refractivity (Wildman–Crippen MR) is 143 cm³/mol. The van der Waals surface area contributed by atoms with Crippen LogP contribution in [-0.4, -0.2) is 23.8 Å². The number of alkyl carbamates (subject to hydrolysis) is 1. The van der Waals surface area contributed by atoms with Crippen molar-refractivity contribution >= 4 is 17.2 Å². The SMILES string of the molecule is COc1ccc2c(=O)c(-c3ccc(C4(NC(=O)OC(C)(C)C)CCC4)cc3)c(-c3ccccc3)oc2n1. The molecule has 0 saturated heterocycles. The molecule has 0 unspecified atom stereocenters. The van der Waals surface area contributed by atoms with Crippen molar-refractivity contribution in [3.8, 4) is 28.3 Å². The van der Waals surface area contributed by atoms with Gasteiger partial charge in [0.2, 0.25) is 17.0 Å². The van der Waals surface area contributed by atoms with E-state index in [-0.39, 0.29) is 11.1 Å². The molecule has 7 nitrogen and oxygen atoms in total. The number of ether oxygens (including phenoxy) is 2. The average Bonchev–Trinajstić information content (AvgIpc) is 2.85. The molecule has 2 heterocycles. The second-order valence-electron chi connectivity index (χ2n) is 10.3. The van der Waals surface area contributed by atoms with Gasteiger partial charge in [0.05, 0.1) is 23.6 Å². The maximum atomic E-state index is 13.7. The van der Waals surface area contributed by atoms with Crippen LogP contribution in [0.25, 0.3) is 33.6 Å². The molecule has 37 heavy (non-hydrogen) atoms. The second-order valence-corrected chi connectivity index (χ2v) is 10.3. The lowest BCUT2D eigenvalue weighted by Gasteiger charge is -2.43. The highest BCUT2D eigenvalue weighted by Crippen LogP contribution is 2.42. The van der Waals surface area contributed by atoms with Crippen LogP contribution < -0.4 is 15.5 Å². The van der Waals surface area contributed by atoms with Gasteiger partial charge in [-0.3, -0.25) is 4.79 Å². The number of pyridine rings is 1. The minimum absolute atomic E-state index is 0.173. The Labute approximate surface area is 215 Å². The van der Waals surface area contributed by atoms with Crippen molar-refractivity contribution in [1.82, 2.24) is 10.3 Å². The van der Waals surface area contributed by atoms with Gasteiger partial charge in [-0.1, -0.05) is 54.6 Å². The lowest BCUT2D eigenvalue weighted by Crippen LogP contribution is -2.52. The van der Waals surface area contributed by atoms with E-state index in [1.807, 2.05) is 75.4 Å². The number of amides is 1. The number of nitrogens with one attached hydrogen (secondary N) is 1. The molecule has 2 aromatic carbocycles. The Bertz CT molecular complexity index is 1500. The van der Waals surface area contributed by atoms with Crippen LogP contribution in [0.1, 0.15) is 45.6 Å². The van der Waals surface area contributed by atoms with Gasteiger partial charge in [-0.05, 0) is 57.2 Å². The number of hydrogen-bond donors (Lipinski definition) is 1. The van der Waals surface area contributed by atoms with Crippen LogP contribution in [0.5, 0.6) is 5.88 Å². The Morgan fingerprint density at radius 3 is 2.27 bits per heavy atom. The molecular formula is C30H30N2O5. The van der Waals surface area contributed by atoms with Gasteiger partial charge in [-0.2, -0.15) is 4.98 Å². The summed E-state index contributed by atoms with van der Waals surface area (Å²) in [5.74, 6) is 0.812. The molecule has 1 amide bonds. The maximum Gasteiger partial charge on any atom is 0.408 e. The Hall–Kier alpha value is -4.13. The summed E-state index contributed by atoms with van der Waals surface area (Å²) in [5, 5.41) is 3.46. The van der Waals surface area contributed by atoms with Crippen molar-refractivity contribution in [3.05, 3.63) is 82.5 Å². The molecule has 0 radical (unpaired) electrons. The Morgan fingerprint density at radius 2 is 1.68 bits per heavy atom. The zero-order valence-corrected chi connectivity index (χ0v) is 21.5. The number of nitrogens with zero attached hydrogens (tertiary/aromatic N) is 1. The zero-order valence-electron chi connectivity index (χ0n) is 21.5. The van der Waals surface area contributed by atoms with Crippen LogP contribution in [-0.2, 0) is 10.3 Å². The Morgan fingerprint density at radius 1 is 0.973 bits per heavy atom. The van der Waals surface area contributed by atoms with E-state index in [1.54, 1.807) is 12.1 Å². The quantitative estimate of drug-likeness (QED) is 0.341. The molecule has 0 spiro atoms. The smallest absolute Gasteiger partial charge is 0.408 e. The van der Waals surface area contributed by atoms with Gasteiger partial charge in [-0.15, -0.1) is 0 Å². The molecule has 5 rings (SSSR count). The third-order valence-corrected chi connectivity index (χ3v) is 6.65. The number of fused-ring (bicyclic) bond motifs is 1. The molecule has 7 heteroatoms. The molecule has 0 atom stereocenters. The van der Waals surface area contributed by atoms with Crippen LogP contribution in [0.4, 0.5) is 4.79 Å². The Balaban J connectivity index is 1.58. The van der Waals surface area contributed by atoms with Crippen molar-refractivity contribution < 1.29 is 18.7 Å². The van der Waals surface area contributed by atoms with E-state index in [0.29, 0.717) is 22.6 Å². The molecule has 190 valence electrons. The normalized spacial score (nSPS) is 14.6. The zero-order chi connectivity index (χ0) is 26.2. The molecule has 0 aliphatic heterocycles. The third kappa shape index (κ3) is 4.81. The number of aromatic nitrogens is 1. The van der Waals surface area contributed by atoms with Gasteiger partial charge in [0.1, 0.15) is 11.4 Å². The summed E-state index contributed by atoms with van der Waals surface area (Å²) in [6.07, 6.45) is 2.24. The summed E-state index contributed by atoms with van der Waals surface area (Å²) in [7, 11) is 1.52. The fraction of sp³-hybridized carbons (Fsp3) is 0.300. The number of carbonyl (C=O) groups excluding carboxylic acids is 1. The highest BCUT2D eigenvalue weighted by Gasteiger charge is 2.41. The standard InChI is InChI=1S/C30H30N2O5/c1-29(2,3)37-28(34)32-30(17-8-18-30)21-13-11-19(12-14-21)24-25(33)22-15-16-23(35-4)31-27(22)36-26(24)20-9-6-5-7-10-20/h5-7,9-16H,8,17-18H2,1-4H3,(H,32,34). The number of methoxy groups -OCH3 is 1. The van der Waals surface area contributed by atoms with Crippen LogP contribution in [0.3, 0.4) is 0 Å². The summed E-state index contributed by atoms with van der Waals surface area (Å²) in [4.78, 5) is 30.6. The molecular weight excluding hydrogens is 468 g/mol. The van der Waals surface area contributed by atoms with Gasteiger partial charge >= 0.3 is 6.09 Å². The lowest BCUT2D eigenvalue weighted by molar-refractivity contribution is 0.0377. The van der Waals surface area contributed by atoms with Gasteiger partial charge in [0.15, 0.2) is 0 Å². The van der Waals surface area contributed by atoms with Crippen molar-refractivity contribution in [2.24, 2.45) is 0 Å². The molecule has 2 aromatic heterocycles. The molecule has 0 bridgehead atoms. The van der Waals surface area contributed by atoms with E-state index in [2.05, 4.69) is 10.3 Å². The van der Waals surface area contributed by atoms with Crippen LogP contribution in [0.2, 0.25) is 0 Å². The summed E-state index contributed by atoms with van der Waals surface area (Å²) < 4.78 is 16.9. The minimum Gasteiger partial charge on any atom is -0.481 e. The summed E-state index contributed by atoms with van der Waals surface area (Å²) in [6, 6.07) is 20.6. The largest absolute Gasteiger partial charge is 0.481 e. The van der Waals surface area contributed by atoms with Crippen molar-refractivity contribution in [2.45, 2.75) is 51.2 Å². The minimum atomic E-state index is -0.574. The first-order chi connectivity index (χ1) is 17.7. The van der Waals surface area contributed by atoms with Crippen LogP contribution in [0.15, 0.2) is 75.9 Å². The van der Waals surface area contributed by atoms with Crippen molar-refractivity contribution in [2.75, 3.05) is 7.11 Å². The first kappa shape index (κ1) is 24.6. The third-order valence-electron chi connectivity index (χ3n) is 6.65. The second kappa shape index (κ2) is 9.39. The van der Waals surface area contributed by atoms with Crippen molar-refractivity contribution in [1.29, 1.82) is 0 Å². The highest BCUT2D eigenvalue weighted by molar-refractivity contribution is 5.88. The van der Waals surface area contributed by atoms with E-state index in [4.69, 9.17) is 13.9 Å². The number of benzene rings is 2. The van der Waals surface area contributed by atoms with Gasteiger partial charge in [0, 0.05) is 11.6 Å². The summed E-state index contributed by atoms with van der Waals surface area (Å²) in [5.41, 5.74) is 1.93. The monoisotopic (exact) mass is 498 g/mol. The maximum absolute atomic E-state index is 13.7. The van der Waals surface area contributed by atoms with Crippen LogP contribution >= 0.6 is 0 Å². The number of hydrogen-bond acceptors (Lipinski definition) is 6. The number of rotatable bonds is 5. The molecule has 1 aliphatic carbocycles. The van der Waals surface area contributed by atoms with E-state index in [9.17, 15) is 9.59 Å². The summed E-state index contributed by atoms with van der Waals surface area (Å²) in [6.45, 7) is 5.54. The molecule has 1 N–H and O–H groups in total. The van der Waals surface area contributed by atoms with E-state index >= 15 is 0 Å². The van der Waals surface area contributed by atoms with E-state index in [0.717, 1.165) is 36.0 Å². The first-order valence-corrected chi connectivity index (χ1v) is 12.4. The first-order valence-electron chi connectivity index (χ1n) is 12.4. The molecule has 1 aliphatic rings.